The maximum atomic E-state index is 12.3. The van der Waals surface area contributed by atoms with Crippen molar-refractivity contribution >= 4 is 11.8 Å². The largest absolute Gasteiger partial charge is 0.361 e. The lowest BCUT2D eigenvalue weighted by molar-refractivity contribution is -0.128. The van der Waals surface area contributed by atoms with E-state index in [1.807, 2.05) is 62.4 Å². The molecule has 0 atom stereocenters. The van der Waals surface area contributed by atoms with Gasteiger partial charge in [0.15, 0.2) is 0 Å². The minimum atomic E-state index is -0.241. The van der Waals surface area contributed by atoms with Crippen molar-refractivity contribution in [1.29, 1.82) is 0 Å². The van der Waals surface area contributed by atoms with Crippen molar-refractivity contribution in [3.63, 3.8) is 0 Å². The quantitative estimate of drug-likeness (QED) is 0.619. The van der Waals surface area contributed by atoms with E-state index in [0.717, 1.165) is 34.6 Å². The second-order valence-corrected chi connectivity index (χ2v) is 7.45. The van der Waals surface area contributed by atoms with E-state index in [9.17, 15) is 9.59 Å². The molecule has 0 bridgehead atoms. The summed E-state index contributed by atoms with van der Waals surface area (Å²) in [5.74, 6) is 0.419. The molecular weight excluding hydrogens is 378 g/mol. The first-order chi connectivity index (χ1) is 14.4. The lowest BCUT2D eigenvalue weighted by Gasteiger charge is -2.17. The summed E-state index contributed by atoms with van der Waals surface area (Å²) in [5, 5.41) is 6.80. The smallest absolute Gasteiger partial charge is 0.251 e. The molecule has 0 radical (unpaired) electrons. The lowest BCUT2D eigenvalue weighted by Crippen LogP contribution is -2.38. The number of nitrogens with zero attached hydrogens (tertiary/aromatic N) is 2. The van der Waals surface area contributed by atoms with E-state index < -0.39 is 0 Å². The number of carbonyl (C=O) groups excluding carboxylic acids is 2. The van der Waals surface area contributed by atoms with Gasteiger partial charge in [0.05, 0.1) is 6.54 Å². The van der Waals surface area contributed by atoms with Crippen LogP contribution in [0, 0.1) is 13.8 Å². The van der Waals surface area contributed by atoms with E-state index in [0.29, 0.717) is 18.5 Å². The Labute approximate surface area is 176 Å². The van der Waals surface area contributed by atoms with Gasteiger partial charge in [-0.15, -0.1) is 0 Å². The highest BCUT2D eigenvalue weighted by Gasteiger charge is 2.13. The number of hydrogen-bond donors (Lipinski definition) is 1. The van der Waals surface area contributed by atoms with Crippen LogP contribution in [0.4, 0.5) is 0 Å². The van der Waals surface area contributed by atoms with Crippen molar-refractivity contribution in [2.45, 2.75) is 26.7 Å². The average molecular weight is 405 g/mol. The van der Waals surface area contributed by atoms with Crippen LogP contribution in [0.1, 0.15) is 33.7 Å². The molecule has 0 aliphatic carbocycles. The molecule has 2 amide bonds. The van der Waals surface area contributed by atoms with Gasteiger partial charge in [-0.05, 0) is 43.5 Å². The molecule has 30 heavy (non-hydrogen) atoms. The molecule has 6 heteroatoms. The van der Waals surface area contributed by atoms with Crippen LogP contribution >= 0.6 is 0 Å². The Morgan fingerprint density at radius 1 is 1.03 bits per heavy atom. The zero-order chi connectivity index (χ0) is 21.5. The van der Waals surface area contributed by atoms with Gasteiger partial charge in [0, 0.05) is 37.2 Å². The number of likely N-dealkylation sites (N-methyl/N-ethyl adjacent to an activating group) is 1. The monoisotopic (exact) mass is 405 g/mol. The number of aryl methyl sites for hydroxylation is 3. The van der Waals surface area contributed by atoms with E-state index in [1.54, 1.807) is 18.0 Å². The number of benzene rings is 2. The number of aromatic nitrogens is 1. The Hall–Kier alpha value is -3.41. The zero-order valence-corrected chi connectivity index (χ0v) is 17.6. The van der Waals surface area contributed by atoms with Gasteiger partial charge < -0.3 is 14.7 Å². The second kappa shape index (κ2) is 9.87. The Morgan fingerprint density at radius 2 is 1.80 bits per heavy atom. The first-order valence-electron chi connectivity index (χ1n) is 10.0. The number of amides is 2. The Balaban J connectivity index is 1.42. The van der Waals surface area contributed by atoms with Gasteiger partial charge >= 0.3 is 0 Å². The summed E-state index contributed by atoms with van der Waals surface area (Å²) in [6, 6.07) is 17.3. The molecule has 0 aliphatic rings. The van der Waals surface area contributed by atoms with Gasteiger partial charge in [-0.25, -0.2) is 0 Å². The SMILES string of the molecule is Cc1ccc(C(=O)NCC(=O)N(C)CCCc2cc(-c3ccccc3)no2)cc1C. The van der Waals surface area contributed by atoms with Gasteiger partial charge in [-0.2, -0.15) is 0 Å². The zero-order valence-electron chi connectivity index (χ0n) is 17.6. The molecule has 6 nitrogen and oxygen atoms in total. The number of hydrogen-bond acceptors (Lipinski definition) is 4. The van der Waals surface area contributed by atoms with Gasteiger partial charge in [0.2, 0.25) is 5.91 Å². The molecule has 1 aromatic heterocycles. The molecule has 1 heterocycles. The third-order valence-electron chi connectivity index (χ3n) is 5.14. The van der Waals surface area contributed by atoms with E-state index in [2.05, 4.69) is 10.5 Å². The van der Waals surface area contributed by atoms with Gasteiger partial charge in [0.25, 0.3) is 5.91 Å². The van der Waals surface area contributed by atoms with Crippen molar-refractivity contribution in [2.75, 3.05) is 20.1 Å². The summed E-state index contributed by atoms with van der Waals surface area (Å²) in [4.78, 5) is 26.2. The van der Waals surface area contributed by atoms with Crippen LogP contribution < -0.4 is 5.32 Å². The normalized spacial score (nSPS) is 10.6. The molecule has 3 rings (SSSR count). The van der Waals surface area contributed by atoms with Gasteiger partial charge in [-0.3, -0.25) is 9.59 Å². The molecular formula is C24H27N3O3. The van der Waals surface area contributed by atoms with Gasteiger partial charge in [0.1, 0.15) is 11.5 Å². The Bertz CT molecular complexity index is 1010. The Kier molecular flexibility index (Phi) is 7.01. The van der Waals surface area contributed by atoms with E-state index in [1.165, 1.54) is 0 Å². The maximum absolute atomic E-state index is 12.3. The van der Waals surface area contributed by atoms with Crippen LogP contribution in [0.25, 0.3) is 11.3 Å². The first-order valence-corrected chi connectivity index (χ1v) is 10.0. The molecule has 1 N–H and O–H groups in total. The fraction of sp³-hybridized carbons (Fsp3) is 0.292. The van der Waals surface area contributed by atoms with Crippen LogP contribution in [0.5, 0.6) is 0 Å². The fourth-order valence-electron chi connectivity index (χ4n) is 3.07. The van der Waals surface area contributed by atoms with Crippen LogP contribution in [0.15, 0.2) is 59.1 Å². The molecule has 0 unspecified atom stereocenters. The summed E-state index contributed by atoms with van der Waals surface area (Å²) < 4.78 is 5.40. The topological polar surface area (TPSA) is 75.4 Å². The predicted molar refractivity (Wildman–Crippen MR) is 116 cm³/mol. The van der Waals surface area contributed by atoms with E-state index in [-0.39, 0.29) is 18.4 Å². The highest BCUT2D eigenvalue weighted by molar-refractivity contribution is 5.96. The summed E-state index contributed by atoms with van der Waals surface area (Å²) in [6.45, 7) is 4.50. The third kappa shape index (κ3) is 5.56. The molecule has 0 spiro atoms. The van der Waals surface area contributed by atoms with Crippen LogP contribution in [-0.4, -0.2) is 42.0 Å². The molecule has 0 saturated heterocycles. The molecule has 0 saturated carbocycles. The molecule has 3 aromatic rings. The second-order valence-electron chi connectivity index (χ2n) is 7.45. The summed E-state index contributed by atoms with van der Waals surface area (Å²) >= 11 is 0. The summed E-state index contributed by atoms with van der Waals surface area (Å²) in [5.41, 5.74) is 4.57. The number of carbonyl (C=O) groups is 2. The van der Waals surface area contributed by atoms with E-state index in [4.69, 9.17) is 4.52 Å². The van der Waals surface area contributed by atoms with Crippen molar-refractivity contribution in [1.82, 2.24) is 15.4 Å². The molecule has 2 aromatic carbocycles. The standard InChI is InChI=1S/C24H27N3O3/c1-17-11-12-20(14-18(17)2)24(29)25-16-23(28)27(3)13-7-10-21-15-22(26-30-21)19-8-5-4-6-9-19/h4-6,8-9,11-12,14-15H,7,10,13,16H2,1-3H3,(H,25,29). The fourth-order valence-corrected chi connectivity index (χ4v) is 3.07. The van der Waals surface area contributed by atoms with E-state index >= 15 is 0 Å². The highest BCUT2D eigenvalue weighted by Crippen LogP contribution is 2.19. The van der Waals surface area contributed by atoms with Crippen LogP contribution in [0.2, 0.25) is 0 Å². The minimum absolute atomic E-state index is 0.0251. The van der Waals surface area contributed by atoms with Crippen molar-refractivity contribution < 1.29 is 14.1 Å². The number of rotatable bonds is 8. The molecule has 0 aliphatic heterocycles. The summed E-state index contributed by atoms with van der Waals surface area (Å²) in [7, 11) is 1.74. The number of nitrogens with one attached hydrogen (secondary N) is 1. The summed E-state index contributed by atoms with van der Waals surface area (Å²) in [6.07, 6.45) is 1.43. The molecule has 156 valence electrons. The third-order valence-corrected chi connectivity index (χ3v) is 5.14. The molecule has 0 fully saturated rings. The average Bonchev–Trinajstić information content (AvgIpc) is 3.23. The van der Waals surface area contributed by atoms with Crippen LogP contribution in [0.3, 0.4) is 0 Å². The van der Waals surface area contributed by atoms with Crippen molar-refractivity contribution in [3.8, 4) is 11.3 Å². The van der Waals surface area contributed by atoms with Crippen molar-refractivity contribution in [3.05, 3.63) is 77.0 Å². The van der Waals surface area contributed by atoms with Crippen molar-refractivity contribution in [2.24, 2.45) is 0 Å². The lowest BCUT2D eigenvalue weighted by atomic mass is 10.1. The Morgan fingerprint density at radius 3 is 2.53 bits per heavy atom. The highest BCUT2D eigenvalue weighted by atomic mass is 16.5. The van der Waals surface area contributed by atoms with Crippen LogP contribution in [-0.2, 0) is 11.2 Å². The maximum Gasteiger partial charge on any atom is 0.251 e. The minimum Gasteiger partial charge on any atom is -0.361 e. The first kappa shape index (κ1) is 21.3. The van der Waals surface area contributed by atoms with Gasteiger partial charge in [-0.1, -0.05) is 41.6 Å². The predicted octanol–water partition coefficient (Wildman–Crippen LogP) is 3.78.